The first kappa shape index (κ1) is 20.7. The number of carbonyl (C=O) groups excluding carboxylic acids is 1. The van der Waals surface area contributed by atoms with Gasteiger partial charge in [0.25, 0.3) is 5.91 Å². The van der Waals surface area contributed by atoms with Gasteiger partial charge in [0.1, 0.15) is 0 Å². The lowest BCUT2D eigenvalue weighted by Gasteiger charge is -2.43. The summed E-state index contributed by atoms with van der Waals surface area (Å²) in [5, 5.41) is 3.86. The summed E-state index contributed by atoms with van der Waals surface area (Å²) >= 11 is 1.54. The van der Waals surface area contributed by atoms with Crippen molar-refractivity contribution >= 4 is 23.2 Å². The highest BCUT2D eigenvalue weighted by Crippen LogP contribution is 2.29. The predicted molar refractivity (Wildman–Crippen MR) is 122 cm³/mol. The average Bonchev–Trinajstić information content (AvgIpc) is 3.35. The normalized spacial score (nSPS) is 19.5. The number of hydrogen-bond donors (Lipinski definition) is 0. The number of nitrogens with zero attached hydrogens (tertiary/aromatic N) is 4. The smallest absolute Gasteiger partial charge is 0.261 e. The Morgan fingerprint density at radius 3 is 2.67 bits per heavy atom. The monoisotopic (exact) mass is 420 g/mol. The highest BCUT2D eigenvalue weighted by molar-refractivity contribution is 7.08. The van der Waals surface area contributed by atoms with Crippen molar-refractivity contribution in [1.29, 1.82) is 0 Å². The Labute approximate surface area is 182 Å². The standard InChI is InChI=1S/C24H28N4OS/c1-2-20-17-27(14-9-19-7-4-3-5-8-19)15-10-22(20)28(24-25-12-6-13-26-24)23(29)21-11-16-30-18-21/h3-8,11-13,16,18,20,22H,2,9-10,14-15,17H2,1H3. The third kappa shape index (κ3) is 4.77. The van der Waals surface area contributed by atoms with Crippen LogP contribution >= 0.6 is 11.3 Å². The number of piperidine rings is 1. The molecule has 0 bridgehead atoms. The van der Waals surface area contributed by atoms with Gasteiger partial charge in [0.2, 0.25) is 5.95 Å². The van der Waals surface area contributed by atoms with Crippen LogP contribution in [0.4, 0.5) is 5.95 Å². The number of rotatable bonds is 7. The molecule has 2 atom stereocenters. The minimum atomic E-state index is 0.00337. The van der Waals surface area contributed by atoms with Gasteiger partial charge >= 0.3 is 0 Å². The fraction of sp³-hybridized carbons (Fsp3) is 0.375. The molecule has 3 aromatic rings. The number of likely N-dealkylation sites (tertiary alicyclic amines) is 1. The van der Waals surface area contributed by atoms with Gasteiger partial charge in [0.05, 0.1) is 5.56 Å². The number of benzene rings is 1. The zero-order valence-electron chi connectivity index (χ0n) is 17.4. The molecule has 5 nitrogen and oxygen atoms in total. The summed E-state index contributed by atoms with van der Waals surface area (Å²) in [5.74, 6) is 0.902. The first-order valence-electron chi connectivity index (χ1n) is 10.7. The summed E-state index contributed by atoms with van der Waals surface area (Å²) in [6.07, 6.45) is 6.44. The number of hydrogen-bond acceptors (Lipinski definition) is 5. The molecule has 1 saturated heterocycles. The van der Waals surface area contributed by atoms with Gasteiger partial charge in [0.15, 0.2) is 0 Å². The fourth-order valence-electron chi connectivity index (χ4n) is 4.30. The highest BCUT2D eigenvalue weighted by Gasteiger charge is 2.37. The van der Waals surface area contributed by atoms with Crippen LogP contribution in [-0.2, 0) is 6.42 Å². The van der Waals surface area contributed by atoms with Gasteiger partial charge < -0.3 is 4.90 Å². The van der Waals surface area contributed by atoms with Crippen molar-refractivity contribution in [3.63, 3.8) is 0 Å². The Morgan fingerprint density at radius 2 is 1.97 bits per heavy atom. The maximum Gasteiger partial charge on any atom is 0.261 e. The molecule has 1 amide bonds. The van der Waals surface area contributed by atoms with E-state index in [4.69, 9.17) is 0 Å². The van der Waals surface area contributed by atoms with E-state index >= 15 is 0 Å². The van der Waals surface area contributed by atoms with Crippen LogP contribution in [-0.4, -0.2) is 46.5 Å². The van der Waals surface area contributed by atoms with E-state index < -0.39 is 0 Å². The number of carbonyl (C=O) groups is 1. The van der Waals surface area contributed by atoms with Crippen molar-refractivity contribution in [3.8, 4) is 0 Å². The minimum Gasteiger partial charge on any atom is -0.303 e. The molecule has 2 unspecified atom stereocenters. The molecular weight excluding hydrogens is 392 g/mol. The molecule has 156 valence electrons. The fourth-order valence-corrected chi connectivity index (χ4v) is 4.93. The van der Waals surface area contributed by atoms with Gasteiger partial charge in [-0.2, -0.15) is 11.3 Å². The van der Waals surface area contributed by atoms with Crippen LogP contribution < -0.4 is 4.90 Å². The van der Waals surface area contributed by atoms with Crippen molar-refractivity contribution < 1.29 is 4.79 Å². The number of anilines is 1. The molecule has 0 aliphatic carbocycles. The zero-order chi connectivity index (χ0) is 20.8. The second kappa shape index (κ2) is 9.96. The largest absolute Gasteiger partial charge is 0.303 e. The van der Waals surface area contributed by atoms with Crippen LogP contribution in [0.15, 0.2) is 65.6 Å². The Hall–Kier alpha value is -2.57. The lowest BCUT2D eigenvalue weighted by atomic mass is 9.88. The molecular formula is C24H28N4OS. The molecule has 0 saturated carbocycles. The third-order valence-corrected chi connectivity index (χ3v) is 6.63. The SMILES string of the molecule is CCC1CN(CCc2ccccc2)CCC1N(C(=O)c1ccsc1)c1ncccn1. The van der Waals surface area contributed by atoms with Crippen LogP contribution in [0, 0.1) is 5.92 Å². The lowest BCUT2D eigenvalue weighted by Crippen LogP contribution is -2.53. The van der Waals surface area contributed by atoms with Crippen LogP contribution in [0.3, 0.4) is 0 Å². The van der Waals surface area contributed by atoms with E-state index in [-0.39, 0.29) is 11.9 Å². The maximum atomic E-state index is 13.4. The Kier molecular flexibility index (Phi) is 6.87. The van der Waals surface area contributed by atoms with Crippen molar-refractivity contribution in [2.75, 3.05) is 24.5 Å². The predicted octanol–water partition coefficient (Wildman–Crippen LogP) is 4.53. The topological polar surface area (TPSA) is 49.3 Å². The van der Waals surface area contributed by atoms with Gasteiger partial charge in [-0.25, -0.2) is 9.97 Å². The van der Waals surface area contributed by atoms with E-state index in [0.717, 1.165) is 38.9 Å². The summed E-state index contributed by atoms with van der Waals surface area (Å²) in [6.45, 7) is 5.24. The Bertz CT molecular complexity index is 917. The molecule has 2 aromatic heterocycles. The summed E-state index contributed by atoms with van der Waals surface area (Å²) in [7, 11) is 0. The Morgan fingerprint density at radius 1 is 1.17 bits per heavy atom. The van der Waals surface area contributed by atoms with Crippen LogP contribution in [0.5, 0.6) is 0 Å². The number of amides is 1. The van der Waals surface area contributed by atoms with Crippen LogP contribution in [0.1, 0.15) is 35.7 Å². The molecule has 3 heterocycles. The van der Waals surface area contributed by atoms with E-state index in [0.29, 0.717) is 17.4 Å². The van der Waals surface area contributed by atoms with Gasteiger partial charge in [-0.15, -0.1) is 0 Å². The zero-order valence-corrected chi connectivity index (χ0v) is 18.2. The molecule has 30 heavy (non-hydrogen) atoms. The molecule has 0 radical (unpaired) electrons. The van der Waals surface area contributed by atoms with Crippen LogP contribution in [0.2, 0.25) is 0 Å². The molecule has 0 spiro atoms. The van der Waals surface area contributed by atoms with Crippen molar-refractivity contribution in [3.05, 3.63) is 76.7 Å². The van der Waals surface area contributed by atoms with Crippen molar-refractivity contribution in [2.24, 2.45) is 5.92 Å². The summed E-state index contributed by atoms with van der Waals surface area (Å²) in [5.41, 5.74) is 2.09. The molecule has 1 aromatic carbocycles. The van der Waals surface area contributed by atoms with Crippen molar-refractivity contribution in [1.82, 2.24) is 14.9 Å². The molecule has 1 fully saturated rings. The number of thiophene rings is 1. The minimum absolute atomic E-state index is 0.00337. The molecule has 0 N–H and O–H groups in total. The van der Waals surface area contributed by atoms with E-state index in [1.54, 1.807) is 29.8 Å². The van der Waals surface area contributed by atoms with Crippen molar-refractivity contribution in [2.45, 2.75) is 32.2 Å². The second-order valence-electron chi connectivity index (χ2n) is 7.80. The van der Waals surface area contributed by atoms with Gasteiger partial charge in [-0.05, 0) is 41.8 Å². The van der Waals surface area contributed by atoms with Gasteiger partial charge in [-0.1, -0.05) is 43.7 Å². The molecule has 4 rings (SSSR count). The summed E-state index contributed by atoms with van der Waals surface area (Å²) < 4.78 is 0. The van der Waals surface area contributed by atoms with E-state index in [1.165, 1.54) is 5.56 Å². The Balaban J connectivity index is 1.50. The van der Waals surface area contributed by atoms with E-state index in [2.05, 4.69) is 52.1 Å². The highest BCUT2D eigenvalue weighted by atomic mass is 32.1. The summed E-state index contributed by atoms with van der Waals surface area (Å²) in [6, 6.07) is 14.4. The summed E-state index contributed by atoms with van der Waals surface area (Å²) in [4.78, 5) is 26.7. The molecule has 1 aliphatic rings. The lowest BCUT2D eigenvalue weighted by molar-refractivity contribution is 0.0918. The van der Waals surface area contributed by atoms with E-state index in [1.807, 2.05) is 21.7 Å². The third-order valence-electron chi connectivity index (χ3n) is 5.95. The quantitative estimate of drug-likeness (QED) is 0.564. The molecule has 1 aliphatic heterocycles. The van der Waals surface area contributed by atoms with E-state index in [9.17, 15) is 4.79 Å². The first-order valence-corrected chi connectivity index (χ1v) is 11.6. The maximum absolute atomic E-state index is 13.4. The first-order chi connectivity index (χ1) is 14.8. The second-order valence-corrected chi connectivity index (χ2v) is 8.58. The average molecular weight is 421 g/mol. The molecule has 6 heteroatoms. The van der Waals surface area contributed by atoms with Gasteiger partial charge in [0, 0.05) is 43.4 Å². The van der Waals surface area contributed by atoms with Gasteiger partial charge in [-0.3, -0.25) is 9.69 Å². The number of aromatic nitrogens is 2. The van der Waals surface area contributed by atoms with Crippen LogP contribution in [0.25, 0.3) is 0 Å².